The lowest BCUT2D eigenvalue weighted by Crippen LogP contribution is -2.41. The molecule has 2 aliphatic heterocycles. The summed E-state index contributed by atoms with van der Waals surface area (Å²) in [7, 11) is 0. The number of halogens is 1. The zero-order valence-electron chi connectivity index (χ0n) is 16.0. The maximum atomic E-state index is 13.0. The van der Waals surface area contributed by atoms with Crippen molar-refractivity contribution in [2.75, 3.05) is 18.4 Å². The normalized spacial score (nSPS) is 24.0. The van der Waals surface area contributed by atoms with Gasteiger partial charge in [-0.25, -0.2) is 4.79 Å². The van der Waals surface area contributed by atoms with Gasteiger partial charge in [0.25, 0.3) is 0 Å². The molecule has 2 aromatic carbocycles. The number of fused-ring (bicyclic) bond motifs is 2. The maximum absolute atomic E-state index is 13.0. The predicted octanol–water partition coefficient (Wildman–Crippen LogP) is 5.39. The summed E-state index contributed by atoms with van der Waals surface area (Å²) in [5, 5.41) is 4.25. The molecule has 2 atom stereocenters. The molecule has 2 aromatic rings. The molecule has 1 amide bonds. The first kappa shape index (κ1) is 18.2. The van der Waals surface area contributed by atoms with E-state index in [1.165, 1.54) is 5.56 Å². The van der Waals surface area contributed by atoms with Crippen LogP contribution in [0.25, 0.3) is 0 Å². The summed E-state index contributed by atoms with van der Waals surface area (Å²) in [4.78, 5) is 14.9. The van der Waals surface area contributed by atoms with Gasteiger partial charge in [0, 0.05) is 29.2 Å². The van der Waals surface area contributed by atoms with Crippen molar-refractivity contribution in [3.8, 4) is 0 Å². The summed E-state index contributed by atoms with van der Waals surface area (Å²) in [6, 6.07) is 16.1. The van der Waals surface area contributed by atoms with Gasteiger partial charge in [-0.15, -0.1) is 0 Å². The highest BCUT2D eigenvalue weighted by Crippen LogP contribution is 2.54. The number of anilines is 1. The van der Waals surface area contributed by atoms with Gasteiger partial charge in [0.05, 0.1) is 6.04 Å². The predicted molar refractivity (Wildman–Crippen MR) is 108 cm³/mol. The van der Waals surface area contributed by atoms with Gasteiger partial charge in [-0.2, -0.15) is 0 Å². The van der Waals surface area contributed by atoms with Crippen molar-refractivity contribution in [1.82, 2.24) is 4.90 Å². The number of carbonyl (C=O) groups excluding carboxylic acids is 1. The molecule has 5 heteroatoms. The van der Waals surface area contributed by atoms with Crippen molar-refractivity contribution in [3.05, 3.63) is 64.7 Å². The Kier molecular flexibility index (Phi) is 4.34. The maximum Gasteiger partial charge on any atom is 0.410 e. The van der Waals surface area contributed by atoms with Crippen LogP contribution in [0.2, 0.25) is 5.02 Å². The van der Waals surface area contributed by atoms with Crippen molar-refractivity contribution >= 4 is 23.4 Å². The van der Waals surface area contributed by atoms with E-state index in [1.807, 2.05) is 62.1 Å². The highest BCUT2D eigenvalue weighted by Gasteiger charge is 2.54. The van der Waals surface area contributed by atoms with Gasteiger partial charge < -0.3 is 15.0 Å². The molecule has 27 heavy (non-hydrogen) atoms. The molecule has 1 fully saturated rings. The Hall–Kier alpha value is -2.20. The summed E-state index contributed by atoms with van der Waals surface area (Å²) < 4.78 is 5.73. The molecule has 0 saturated carbocycles. The molecule has 4 nitrogen and oxygen atoms in total. The van der Waals surface area contributed by atoms with E-state index in [1.54, 1.807) is 0 Å². The number of nitrogens with zero attached hydrogens (tertiary/aromatic N) is 1. The van der Waals surface area contributed by atoms with Crippen LogP contribution in [0, 0.1) is 0 Å². The zero-order valence-corrected chi connectivity index (χ0v) is 16.7. The van der Waals surface area contributed by atoms with Crippen LogP contribution in [-0.4, -0.2) is 29.7 Å². The molecule has 0 bridgehead atoms. The molecule has 1 spiro atoms. The van der Waals surface area contributed by atoms with Crippen LogP contribution < -0.4 is 5.32 Å². The van der Waals surface area contributed by atoms with E-state index >= 15 is 0 Å². The molecule has 0 aliphatic carbocycles. The van der Waals surface area contributed by atoms with Crippen LogP contribution in [0.1, 0.15) is 44.4 Å². The van der Waals surface area contributed by atoms with E-state index in [9.17, 15) is 4.79 Å². The van der Waals surface area contributed by atoms with Crippen LogP contribution in [0.3, 0.4) is 0 Å². The largest absolute Gasteiger partial charge is 0.444 e. The van der Waals surface area contributed by atoms with Crippen LogP contribution in [0.5, 0.6) is 0 Å². The Morgan fingerprint density at radius 3 is 2.67 bits per heavy atom. The van der Waals surface area contributed by atoms with Crippen LogP contribution in [0.4, 0.5) is 10.5 Å². The Bertz CT molecular complexity index is 862. The number of nitrogens with one attached hydrogen (secondary N) is 1. The lowest BCUT2D eigenvalue weighted by atomic mass is 9.73. The standard InChI is InChI=1S/C22H25ClN2O2/c1-21(2,3)27-20(26)25-12-11-22(19(25)15-7-5-4-6-8-15)14-24-18-10-9-16(23)13-17(18)22/h4-10,13,19,24H,11-12,14H2,1-3H3/t19-,22-/m1/s1. The molecular formula is C22H25ClN2O2. The highest BCUT2D eigenvalue weighted by molar-refractivity contribution is 6.30. The van der Waals surface area contributed by atoms with E-state index in [-0.39, 0.29) is 17.6 Å². The second-order valence-electron chi connectivity index (χ2n) is 8.44. The van der Waals surface area contributed by atoms with Crippen molar-refractivity contribution in [3.63, 3.8) is 0 Å². The van der Waals surface area contributed by atoms with Gasteiger partial charge in [-0.3, -0.25) is 0 Å². The number of hydrogen-bond acceptors (Lipinski definition) is 3. The smallest absolute Gasteiger partial charge is 0.410 e. The molecule has 2 aliphatic rings. The molecular weight excluding hydrogens is 360 g/mol. The molecule has 0 radical (unpaired) electrons. The number of likely N-dealkylation sites (tertiary alicyclic amines) is 1. The summed E-state index contributed by atoms with van der Waals surface area (Å²) >= 11 is 6.33. The first-order valence-corrected chi connectivity index (χ1v) is 9.76. The molecule has 142 valence electrons. The fourth-order valence-corrected chi connectivity index (χ4v) is 4.61. The summed E-state index contributed by atoms with van der Waals surface area (Å²) in [5.41, 5.74) is 2.68. The topological polar surface area (TPSA) is 41.6 Å². The number of hydrogen-bond donors (Lipinski definition) is 1. The average molecular weight is 385 g/mol. The number of rotatable bonds is 1. The van der Waals surface area contributed by atoms with E-state index < -0.39 is 5.60 Å². The first-order valence-electron chi connectivity index (χ1n) is 9.39. The van der Waals surface area contributed by atoms with Gasteiger partial charge >= 0.3 is 6.09 Å². The van der Waals surface area contributed by atoms with Gasteiger partial charge in [0.2, 0.25) is 0 Å². The van der Waals surface area contributed by atoms with E-state index in [0.29, 0.717) is 6.54 Å². The van der Waals surface area contributed by atoms with Crippen molar-refractivity contribution in [1.29, 1.82) is 0 Å². The van der Waals surface area contributed by atoms with E-state index in [0.717, 1.165) is 29.2 Å². The number of carbonyl (C=O) groups is 1. The molecule has 0 aromatic heterocycles. The van der Waals surface area contributed by atoms with Gasteiger partial charge in [0.15, 0.2) is 0 Å². The fraction of sp³-hybridized carbons (Fsp3) is 0.409. The Balaban J connectivity index is 1.80. The minimum absolute atomic E-state index is 0.0965. The summed E-state index contributed by atoms with van der Waals surface area (Å²) in [5.74, 6) is 0. The number of amides is 1. The monoisotopic (exact) mass is 384 g/mol. The third-order valence-electron chi connectivity index (χ3n) is 5.49. The fourth-order valence-electron chi connectivity index (χ4n) is 4.43. The molecule has 1 saturated heterocycles. The Morgan fingerprint density at radius 2 is 1.96 bits per heavy atom. The molecule has 0 unspecified atom stereocenters. The van der Waals surface area contributed by atoms with Gasteiger partial charge in [0.1, 0.15) is 5.60 Å². The summed E-state index contributed by atoms with van der Waals surface area (Å²) in [6.45, 7) is 7.14. The minimum atomic E-state index is -0.525. The van der Waals surface area contributed by atoms with Crippen LogP contribution in [0.15, 0.2) is 48.5 Å². The minimum Gasteiger partial charge on any atom is -0.444 e. The van der Waals surface area contributed by atoms with Gasteiger partial charge in [-0.05, 0) is 56.5 Å². The molecule has 4 rings (SSSR count). The Labute approximate surface area is 165 Å². The number of benzene rings is 2. The highest BCUT2D eigenvalue weighted by atomic mass is 35.5. The lowest BCUT2D eigenvalue weighted by Gasteiger charge is -2.36. The van der Waals surface area contributed by atoms with Gasteiger partial charge in [-0.1, -0.05) is 41.9 Å². The quantitative estimate of drug-likeness (QED) is 0.717. The van der Waals surface area contributed by atoms with Crippen LogP contribution >= 0.6 is 11.6 Å². The third-order valence-corrected chi connectivity index (χ3v) is 5.72. The number of ether oxygens (including phenoxy) is 1. The average Bonchev–Trinajstić information content (AvgIpc) is 3.17. The molecule has 2 heterocycles. The van der Waals surface area contributed by atoms with Crippen molar-refractivity contribution in [2.24, 2.45) is 0 Å². The lowest BCUT2D eigenvalue weighted by molar-refractivity contribution is 0.0197. The van der Waals surface area contributed by atoms with Crippen molar-refractivity contribution < 1.29 is 9.53 Å². The third kappa shape index (κ3) is 3.16. The second kappa shape index (κ2) is 6.45. The molecule has 1 N–H and O–H groups in total. The van der Waals surface area contributed by atoms with Crippen LogP contribution in [-0.2, 0) is 10.2 Å². The van der Waals surface area contributed by atoms with Crippen molar-refractivity contribution in [2.45, 2.75) is 44.2 Å². The summed E-state index contributed by atoms with van der Waals surface area (Å²) in [6.07, 6.45) is 0.607. The SMILES string of the molecule is CC(C)(C)OC(=O)N1CC[C@]2(CNc3ccc(Cl)cc32)[C@H]1c1ccccc1. The van der Waals surface area contributed by atoms with E-state index in [4.69, 9.17) is 16.3 Å². The zero-order chi connectivity index (χ0) is 19.2. The first-order chi connectivity index (χ1) is 12.8. The second-order valence-corrected chi connectivity index (χ2v) is 8.87. The van der Waals surface area contributed by atoms with E-state index in [2.05, 4.69) is 17.4 Å². The Morgan fingerprint density at radius 1 is 1.22 bits per heavy atom.